The van der Waals surface area contributed by atoms with E-state index < -0.39 is 14.0 Å². The first-order valence-electron chi connectivity index (χ1n) is 8.33. The van der Waals surface area contributed by atoms with Crippen molar-refractivity contribution >= 4 is 25.6 Å². The van der Waals surface area contributed by atoms with Gasteiger partial charge in [-0.3, -0.25) is 4.79 Å². The number of hydrogen-bond donors (Lipinski definition) is 0. The van der Waals surface area contributed by atoms with Crippen LogP contribution in [0.1, 0.15) is 24.0 Å². The Morgan fingerprint density at radius 1 is 1.16 bits per heavy atom. The van der Waals surface area contributed by atoms with E-state index in [0.717, 1.165) is 18.4 Å². The van der Waals surface area contributed by atoms with E-state index in [1.165, 1.54) is 20.5 Å². The molecular formula is C19H26O5Si. The SMILES string of the molecule is COC=C(C(=O)OC)c1ccccc1COC(=O)C1([Si](C)(C)C)CC1. The minimum atomic E-state index is -1.63. The van der Waals surface area contributed by atoms with Gasteiger partial charge in [-0.25, -0.2) is 4.79 Å². The van der Waals surface area contributed by atoms with Crippen LogP contribution in [0.3, 0.4) is 0 Å². The second-order valence-electron chi connectivity index (χ2n) is 7.32. The second-order valence-corrected chi connectivity index (χ2v) is 12.8. The molecule has 0 N–H and O–H groups in total. The van der Waals surface area contributed by atoms with Crippen LogP contribution in [0.4, 0.5) is 0 Å². The lowest BCUT2D eigenvalue weighted by Crippen LogP contribution is -2.36. The first-order valence-corrected chi connectivity index (χ1v) is 11.8. The Bertz CT molecular complexity index is 683. The normalized spacial score (nSPS) is 16.1. The van der Waals surface area contributed by atoms with E-state index in [2.05, 4.69) is 19.6 Å². The molecule has 0 radical (unpaired) electrons. The quantitative estimate of drug-likeness (QED) is 0.320. The van der Waals surface area contributed by atoms with Crippen LogP contribution in [0.15, 0.2) is 30.5 Å². The Kier molecular flexibility index (Phi) is 5.72. The van der Waals surface area contributed by atoms with E-state index in [0.29, 0.717) is 11.1 Å². The van der Waals surface area contributed by atoms with Crippen LogP contribution >= 0.6 is 0 Å². The number of benzene rings is 1. The Labute approximate surface area is 150 Å². The zero-order valence-corrected chi connectivity index (χ0v) is 16.5. The van der Waals surface area contributed by atoms with E-state index in [1.54, 1.807) is 6.07 Å². The highest BCUT2D eigenvalue weighted by Gasteiger charge is 2.59. The molecular weight excluding hydrogens is 336 g/mol. The third-order valence-corrected chi connectivity index (χ3v) is 8.46. The first-order chi connectivity index (χ1) is 11.8. The van der Waals surface area contributed by atoms with E-state index in [1.807, 2.05) is 18.2 Å². The topological polar surface area (TPSA) is 61.8 Å². The lowest BCUT2D eigenvalue weighted by Gasteiger charge is -2.26. The molecule has 0 bridgehead atoms. The number of methoxy groups -OCH3 is 2. The molecule has 0 heterocycles. The monoisotopic (exact) mass is 362 g/mol. The number of esters is 2. The van der Waals surface area contributed by atoms with Gasteiger partial charge in [0.15, 0.2) is 0 Å². The third-order valence-electron chi connectivity index (χ3n) is 4.88. The van der Waals surface area contributed by atoms with Gasteiger partial charge in [-0.15, -0.1) is 0 Å². The molecule has 0 unspecified atom stereocenters. The number of carbonyl (C=O) groups is 2. The summed E-state index contributed by atoms with van der Waals surface area (Å²) in [5.74, 6) is -0.613. The van der Waals surface area contributed by atoms with Crippen molar-refractivity contribution in [2.45, 2.75) is 44.1 Å². The van der Waals surface area contributed by atoms with Gasteiger partial charge in [0.05, 0.1) is 33.6 Å². The molecule has 5 nitrogen and oxygen atoms in total. The highest BCUT2D eigenvalue weighted by molar-refractivity contribution is 6.83. The smallest absolute Gasteiger partial charge is 0.341 e. The average molecular weight is 362 g/mol. The minimum Gasteiger partial charge on any atom is -0.503 e. The molecule has 2 rings (SSSR count). The summed E-state index contributed by atoms with van der Waals surface area (Å²) in [6.07, 6.45) is 3.18. The summed E-state index contributed by atoms with van der Waals surface area (Å²) in [6.45, 7) is 6.73. The van der Waals surface area contributed by atoms with Crippen molar-refractivity contribution in [3.05, 3.63) is 41.7 Å². The largest absolute Gasteiger partial charge is 0.503 e. The van der Waals surface area contributed by atoms with Gasteiger partial charge in [-0.05, 0) is 24.0 Å². The van der Waals surface area contributed by atoms with Gasteiger partial charge in [0.1, 0.15) is 12.2 Å². The maximum atomic E-state index is 12.6. The van der Waals surface area contributed by atoms with Crippen LogP contribution < -0.4 is 0 Å². The van der Waals surface area contributed by atoms with Crippen molar-refractivity contribution in [3.63, 3.8) is 0 Å². The summed E-state index contributed by atoms with van der Waals surface area (Å²) in [5.41, 5.74) is 1.68. The van der Waals surface area contributed by atoms with E-state index >= 15 is 0 Å². The van der Waals surface area contributed by atoms with Crippen LogP contribution in [0, 0.1) is 0 Å². The number of hydrogen-bond acceptors (Lipinski definition) is 5. The number of ether oxygens (including phenoxy) is 3. The molecule has 0 amide bonds. The number of carbonyl (C=O) groups excluding carboxylic acids is 2. The van der Waals surface area contributed by atoms with Crippen LogP contribution in [0.25, 0.3) is 5.57 Å². The van der Waals surface area contributed by atoms with Crippen LogP contribution in [0.5, 0.6) is 0 Å². The standard InChI is InChI=1S/C19H26O5Si/c1-22-13-16(17(20)23-2)15-9-7-6-8-14(15)12-24-18(21)19(10-11-19)25(3,4)5/h6-9,13H,10-12H2,1-5H3. The van der Waals surface area contributed by atoms with E-state index in [9.17, 15) is 9.59 Å². The highest BCUT2D eigenvalue weighted by Crippen LogP contribution is 2.61. The third kappa shape index (κ3) is 3.95. The zero-order chi connectivity index (χ0) is 18.7. The molecule has 0 spiro atoms. The molecule has 6 heteroatoms. The van der Waals surface area contributed by atoms with Crippen molar-refractivity contribution in [2.24, 2.45) is 0 Å². The van der Waals surface area contributed by atoms with Gasteiger partial charge in [0.25, 0.3) is 0 Å². The Balaban J connectivity index is 2.20. The molecule has 25 heavy (non-hydrogen) atoms. The summed E-state index contributed by atoms with van der Waals surface area (Å²) >= 11 is 0. The van der Waals surface area contributed by atoms with Crippen molar-refractivity contribution in [2.75, 3.05) is 14.2 Å². The molecule has 0 saturated heterocycles. The van der Waals surface area contributed by atoms with Crippen molar-refractivity contribution in [1.29, 1.82) is 0 Å². The van der Waals surface area contributed by atoms with Gasteiger partial charge in [-0.2, -0.15) is 0 Å². The van der Waals surface area contributed by atoms with Crippen molar-refractivity contribution in [3.8, 4) is 0 Å². The fourth-order valence-corrected chi connectivity index (χ4v) is 5.33. The number of rotatable bonds is 7. The maximum Gasteiger partial charge on any atom is 0.341 e. The highest BCUT2D eigenvalue weighted by atomic mass is 28.3. The minimum absolute atomic E-state index is 0.114. The predicted molar refractivity (Wildman–Crippen MR) is 98.5 cm³/mol. The van der Waals surface area contributed by atoms with Gasteiger partial charge in [0.2, 0.25) is 0 Å². The van der Waals surface area contributed by atoms with E-state index in [4.69, 9.17) is 14.2 Å². The molecule has 1 aromatic rings. The summed E-state index contributed by atoms with van der Waals surface area (Å²) in [6, 6.07) is 7.29. The molecule has 136 valence electrons. The molecule has 0 aromatic heterocycles. The summed E-state index contributed by atoms with van der Waals surface area (Å²) in [5, 5.41) is -0.254. The molecule has 1 aromatic carbocycles. The van der Waals surface area contributed by atoms with Crippen LogP contribution in [0.2, 0.25) is 24.7 Å². The first kappa shape index (κ1) is 19.2. The summed E-state index contributed by atoms with van der Waals surface area (Å²) in [4.78, 5) is 24.6. The van der Waals surface area contributed by atoms with E-state index in [-0.39, 0.29) is 17.6 Å². The fraction of sp³-hybridized carbons (Fsp3) is 0.474. The van der Waals surface area contributed by atoms with Gasteiger partial charge < -0.3 is 14.2 Å². The maximum absolute atomic E-state index is 12.6. The fourth-order valence-electron chi connectivity index (χ4n) is 3.03. The van der Waals surface area contributed by atoms with Crippen molar-refractivity contribution in [1.82, 2.24) is 0 Å². The molecule has 1 fully saturated rings. The second kappa shape index (κ2) is 7.43. The van der Waals surface area contributed by atoms with Crippen LogP contribution in [-0.4, -0.2) is 34.2 Å². The lowest BCUT2D eigenvalue weighted by molar-refractivity contribution is -0.146. The predicted octanol–water partition coefficient (Wildman–Crippen LogP) is 3.76. The van der Waals surface area contributed by atoms with Crippen molar-refractivity contribution < 1.29 is 23.8 Å². The average Bonchev–Trinajstić information content (AvgIpc) is 3.39. The Hall–Kier alpha value is -2.08. The lowest BCUT2D eigenvalue weighted by atomic mass is 10.0. The zero-order valence-electron chi connectivity index (χ0n) is 15.5. The molecule has 1 saturated carbocycles. The molecule has 0 atom stereocenters. The Morgan fingerprint density at radius 3 is 2.32 bits per heavy atom. The summed E-state index contributed by atoms with van der Waals surface area (Å²) < 4.78 is 15.5. The Morgan fingerprint density at radius 2 is 1.80 bits per heavy atom. The molecule has 1 aliphatic carbocycles. The van der Waals surface area contributed by atoms with Crippen LogP contribution in [-0.2, 0) is 30.4 Å². The van der Waals surface area contributed by atoms with Gasteiger partial charge in [-0.1, -0.05) is 43.9 Å². The van der Waals surface area contributed by atoms with Gasteiger partial charge >= 0.3 is 11.9 Å². The molecule has 1 aliphatic rings. The van der Waals surface area contributed by atoms with Gasteiger partial charge in [0, 0.05) is 0 Å². The summed E-state index contributed by atoms with van der Waals surface area (Å²) in [7, 11) is 1.16. The molecule has 0 aliphatic heterocycles.